The highest BCUT2D eigenvalue weighted by atomic mass is 15.3. The van der Waals surface area contributed by atoms with Crippen LogP contribution in [0.2, 0.25) is 0 Å². The van der Waals surface area contributed by atoms with E-state index in [9.17, 15) is 0 Å². The van der Waals surface area contributed by atoms with Gasteiger partial charge in [0.25, 0.3) is 0 Å². The highest BCUT2D eigenvalue weighted by Gasteiger charge is 2.15. The molecule has 7 nitrogen and oxygen atoms in total. The van der Waals surface area contributed by atoms with Crippen molar-refractivity contribution in [2.45, 2.75) is 26.8 Å². The van der Waals surface area contributed by atoms with Crippen LogP contribution in [-0.2, 0) is 0 Å². The molecular formula is C12H15N7. The van der Waals surface area contributed by atoms with E-state index < -0.39 is 0 Å². The van der Waals surface area contributed by atoms with Crippen LogP contribution in [0, 0.1) is 6.92 Å². The molecule has 0 aromatic carbocycles. The Bertz CT molecular complexity index is 738. The Morgan fingerprint density at radius 2 is 2.00 bits per heavy atom. The zero-order valence-electron chi connectivity index (χ0n) is 11.1. The summed E-state index contributed by atoms with van der Waals surface area (Å²) in [5.74, 6) is 0.373. The SMILES string of the molecule is Cc1c(-c2cnc(N)n3cnnc23)cnn1C(C)C. The molecule has 98 valence electrons. The lowest BCUT2D eigenvalue weighted by Crippen LogP contribution is -2.05. The van der Waals surface area contributed by atoms with Gasteiger partial charge in [0, 0.05) is 29.1 Å². The van der Waals surface area contributed by atoms with Crippen molar-refractivity contribution in [2.75, 3.05) is 5.73 Å². The molecule has 0 unspecified atom stereocenters. The zero-order chi connectivity index (χ0) is 13.6. The van der Waals surface area contributed by atoms with E-state index >= 15 is 0 Å². The Labute approximate surface area is 110 Å². The third kappa shape index (κ3) is 1.66. The molecule has 0 aliphatic rings. The molecule has 0 aliphatic carbocycles. The van der Waals surface area contributed by atoms with Gasteiger partial charge in [0.15, 0.2) is 5.65 Å². The standard InChI is InChI=1S/C12H15N7/c1-7(2)19-8(3)9(5-16-19)10-4-14-12(13)18-6-15-17-11(10)18/h4-7H,1-3H3,(H2,13,14). The molecule has 0 amide bonds. The molecule has 0 spiro atoms. The molecule has 0 radical (unpaired) electrons. The molecule has 7 heteroatoms. The molecular weight excluding hydrogens is 242 g/mol. The summed E-state index contributed by atoms with van der Waals surface area (Å²) in [6.45, 7) is 6.22. The van der Waals surface area contributed by atoms with Crippen LogP contribution < -0.4 is 5.73 Å². The molecule has 0 fully saturated rings. The summed E-state index contributed by atoms with van der Waals surface area (Å²) < 4.78 is 3.64. The van der Waals surface area contributed by atoms with Gasteiger partial charge in [-0.25, -0.2) is 4.98 Å². The normalized spacial score (nSPS) is 11.6. The number of nitrogens with two attached hydrogens (primary N) is 1. The van der Waals surface area contributed by atoms with Crippen molar-refractivity contribution in [3.05, 3.63) is 24.4 Å². The maximum absolute atomic E-state index is 5.79. The van der Waals surface area contributed by atoms with E-state index in [1.807, 2.05) is 17.8 Å². The van der Waals surface area contributed by atoms with Gasteiger partial charge in [-0.2, -0.15) is 5.10 Å². The predicted octanol–water partition coefficient (Wildman–Crippen LogP) is 1.46. The van der Waals surface area contributed by atoms with Gasteiger partial charge in [0.2, 0.25) is 5.95 Å². The minimum absolute atomic E-state index is 0.310. The highest BCUT2D eigenvalue weighted by molar-refractivity contribution is 5.78. The smallest absolute Gasteiger partial charge is 0.207 e. The van der Waals surface area contributed by atoms with Crippen molar-refractivity contribution >= 4 is 11.6 Å². The van der Waals surface area contributed by atoms with Gasteiger partial charge in [-0.05, 0) is 20.8 Å². The Morgan fingerprint density at radius 3 is 2.68 bits per heavy atom. The highest BCUT2D eigenvalue weighted by Crippen LogP contribution is 2.27. The number of aromatic nitrogens is 6. The minimum atomic E-state index is 0.310. The summed E-state index contributed by atoms with van der Waals surface area (Å²) in [5, 5.41) is 12.4. The lowest BCUT2D eigenvalue weighted by atomic mass is 10.1. The van der Waals surface area contributed by atoms with Crippen LogP contribution in [0.5, 0.6) is 0 Å². The van der Waals surface area contributed by atoms with Crippen molar-refractivity contribution in [1.82, 2.24) is 29.4 Å². The van der Waals surface area contributed by atoms with E-state index in [4.69, 9.17) is 5.73 Å². The number of fused-ring (bicyclic) bond motifs is 1. The zero-order valence-corrected chi connectivity index (χ0v) is 11.1. The Morgan fingerprint density at radius 1 is 1.21 bits per heavy atom. The maximum atomic E-state index is 5.79. The lowest BCUT2D eigenvalue weighted by molar-refractivity contribution is 0.519. The molecule has 0 saturated carbocycles. The quantitative estimate of drug-likeness (QED) is 0.751. The summed E-state index contributed by atoms with van der Waals surface area (Å²) >= 11 is 0. The molecule has 0 bridgehead atoms. The average Bonchev–Trinajstić information content (AvgIpc) is 2.97. The van der Waals surface area contributed by atoms with Gasteiger partial charge in [-0.15, -0.1) is 10.2 Å². The van der Waals surface area contributed by atoms with Gasteiger partial charge >= 0.3 is 0 Å². The van der Waals surface area contributed by atoms with Crippen LogP contribution in [0.4, 0.5) is 5.95 Å². The molecule has 3 heterocycles. The Balaban J connectivity index is 2.25. The topological polar surface area (TPSA) is 86.9 Å². The molecule has 0 atom stereocenters. The molecule has 2 N–H and O–H groups in total. The second-order valence-electron chi connectivity index (χ2n) is 4.74. The van der Waals surface area contributed by atoms with Gasteiger partial charge in [0.05, 0.1) is 6.20 Å². The summed E-state index contributed by atoms with van der Waals surface area (Å²) in [5.41, 5.74) is 9.44. The van der Waals surface area contributed by atoms with Crippen molar-refractivity contribution in [1.29, 1.82) is 0 Å². The number of nitrogen functional groups attached to an aromatic ring is 1. The third-order valence-corrected chi connectivity index (χ3v) is 3.19. The minimum Gasteiger partial charge on any atom is -0.369 e. The molecule has 3 aromatic heterocycles. The molecule has 0 saturated heterocycles. The summed E-state index contributed by atoms with van der Waals surface area (Å²) in [4.78, 5) is 4.17. The van der Waals surface area contributed by atoms with Gasteiger partial charge in [-0.1, -0.05) is 0 Å². The molecule has 0 aliphatic heterocycles. The first-order valence-electron chi connectivity index (χ1n) is 6.08. The molecule has 3 rings (SSSR count). The fourth-order valence-corrected chi connectivity index (χ4v) is 2.24. The largest absolute Gasteiger partial charge is 0.369 e. The monoisotopic (exact) mass is 257 g/mol. The van der Waals surface area contributed by atoms with E-state index in [1.165, 1.54) is 0 Å². The maximum Gasteiger partial charge on any atom is 0.207 e. The third-order valence-electron chi connectivity index (χ3n) is 3.19. The predicted molar refractivity (Wildman–Crippen MR) is 71.5 cm³/mol. The van der Waals surface area contributed by atoms with Crippen LogP contribution in [0.15, 0.2) is 18.7 Å². The first kappa shape index (κ1) is 11.6. The number of hydrogen-bond donors (Lipinski definition) is 1. The first-order chi connectivity index (χ1) is 9.09. The Kier molecular flexibility index (Phi) is 2.48. The van der Waals surface area contributed by atoms with Gasteiger partial charge < -0.3 is 5.73 Å². The van der Waals surface area contributed by atoms with Crippen molar-refractivity contribution in [3.63, 3.8) is 0 Å². The van der Waals surface area contributed by atoms with E-state index in [2.05, 4.69) is 34.1 Å². The summed E-state index contributed by atoms with van der Waals surface area (Å²) in [7, 11) is 0. The fraction of sp³-hybridized carbons (Fsp3) is 0.333. The number of anilines is 1. The van der Waals surface area contributed by atoms with Gasteiger partial charge in [0.1, 0.15) is 6.33 Å². The van der Waals surface area contributed by atoms with Crippen LogP contribution in [0.25, 0.3) is 16.8 Å². The average molecular weight is 257 g/mol. The van der Waals surface area contributed by atoms with E-state index in [0.717, 1.165) is 16.8 Å². The van der Waals surface area contributed by atoms with Crippen LogP contribution in [0.3, 0.4) is 0 Å². The Hall–Kier alpha value is -2.44. The van der Waals surface area contributed by atoms with Crippen LogP contribution in [0.1, 0.15) is 25.6 Å². The van der Waals surface area contributed by atoms with Crippen LogP contribution >= 0.6 is 0 Å². The summed E-state index contributed by atoms with van der Waals surface area (Å²) in [6, 6.07) is 0.310. The fourth-order valence-electron chi connectivity index (χ4n) is 2.24. The van der Waals surface area contributed by atoms with Crippen molar-refractivity contribution in [2.24, 2.45) is 0 Å². The molecule has 19 heavy (non-hydrogen) atoms. The van der Waals surface area contributed by atoms with Crippen LogP contribution in [-0.4, -0.2) is 29.4 Å². The second-order valence-corrected chi connectivity index (χ2v) is 4.74. The van der Waals surface area contributed by atoms with Gasteiger partial charge in [-0.3, -0.25) is 9.08 Å². The number of hydrogen-bond acceptors (Lipinski definition) is 5. The second kappa shape index (κ2) is 4.04. The van der Waals surface area contributed by atoms with Crippen molar-refractivity contribution < 1.29 is 0 Å². The molecule has 3 aromatic rings. The first-order valence-corrected chi connectivity index (χ1v) is 6.08. The van der Waals surface area contributed by atoms with E-state index in [1.54, 1.807) is 16.9 Å². The van der Waals surface area contributed by atoms with E-state index in [0.29, 0.717) is 17.6 Å². The van der Waals surface area contributed by atoms with Crippen molar-refractivity contribution in [3.8, 4) is 11.1 Å². The van der Waals surface area contributed by atoms with E-state index in [-0.39, 0.29) is 0 Å². The number of rotatable bonds is 2. The summed E-state index contributed by atoms with van der Waals surface area (Å²) in [6.07, 6.45) is 5.11. The number of nitrogens with zero attached hydrogens (tertiary/aromatic N) is 6. The lowest BCUT2D eigenvalue weighted by Gasteiger charge is -2.09.